The number of benzene rings is 1. The molecule has 3 rings (SSSR count). The number of hydrogen-bond acceptors (Lipinski definition) is 5. The third-order valence-corrected chi connectivity index (χ3v) is 4.55. The first-order valence-corrected chi connectivity index (χ1v) is 8.86. The average molecular weight is 361 g/mol. The van der Waals surface area contributed by atoms with Crippen LogP contribution in [0.2, 0.25) is 0 Å². The standard InChI is InChI=1S/C19H24FN3O3/c1-2-26-19(25)16-13-17(14-3-5-15(20)6-4-14)21-18(16)23-9-7-22(8-10-23)11-12-24/h3-6,13,21,24H,2,7-12H2,1H3. The van der Waals surface area contributed by atoms with Gasteiger partial charge in [-0.1, -0.05) is 0 Å². The van der Waals surface area contributed by atoms with Crippen molar-refractivity contribution in [3.63, 3.8) is 0 Å². The zero-order chi connectivity index (χ0) is 18.5. The van der Waals surface area contributed by atoms with E-state index in [4.69, 9.17) is 9.84 Å². The van der Waals surface area contributed by atoms with Gasteiger partial charge in [-0.25, -0.2) is 9.18 Å². The first kappa shape index (κ1) is 18.4. The number of esters is 1. The fourth-order valence-corrected chi connectivity index (χ4v) is 3.18. The van der Waals surface area contributed by atoms with Crippen molar-refractivity contribution >= 4 is 11.8 Å². The largest absolute Gasteiger partial charge is 0.462 e. The zero-order valence-electron chi connectivity index (χ0n) is 14.9. The fourth-order valence-electron chi connectivity index (χ4n) is 3.18. The zero-order valence-corrected chi connectivity index (χ0v) is 14.9. The van der Waals surface area contributed by atoms with Crippen LogP contribution in [0.15, 0.2) is 30.3 Å². The highest BCUT2D eigenvalue weighted by Gasteiger charge is 2.25. The first-order valence-electron chi connectivity index (χ1n) is 8.86. The number of piperazine rings is 1. The number of halogens is 1. The normalized spacial score (nSPS) is 15.3. The van der Waals surface area contributed by atoms with E-state index in [9.17, 15) is 9.18 Å². The van der Waals surface area contributed by atoms with Crippen LogP contribution in [0.3, 0.4) is 0 Å². The van der Waals surface area contributed by atoms with E-state index in [1.165, 1.54) is 12.1 Å². The van der Waals surface area contributed by atoms with Crippen molar-refractivity contribution in [2.24, 2.45) is 0 Å². The molecule has 1 fully saturated rings. The van der Waals surface area contributed by atoms with Crippen LogP contribution < -0.4 is 4.90 Å². The number of aromatic amines is 1. The van der Waals surface area contributed by atoms with E-state index in [1.807, 2.05) is 0 Å². The number of β-amino-alcohol motifs (C(OH)–C–C–N with tert-alkyl or cyclic N) is 1. The second-order valence-corrected chi connectivity index (χ2v) is 6.22. The SMILES string of the molecule is CCOC(=O)c1cc(-c2ccc(F)cc2)[nH]c1N1CCN(CCO)CC1. The molecule has 0 spiro atoms. The van der Waals surface area contributed by atoms with E-state index in [-0.39, 0.29) is 18.4 Å². The van der Waals surface area contributed by atoms with Crippen molar-refractivity contribution in [2.45, 2.75) is 6.92 Å². The molecule has 2 aromatic rings. The summed E-state index contributed by atoms with van der Waals surface area (Å²) >= 11 is 0. The van der Waals surface area contributed by atoms with Gasteiger partial charge in [-0.05, 0) is 42.8 Å². The number of aliphatic hydroxyl groups is 1. The Kier molecular flexibility index (Phi) is 5.90. The molecule has 2 heterocycles. The number of aliphatic hydroxyl groups excluding tert-OH is 1. The Morgan fingerprint density at radius 2 is 1.92 bits per heavy atom. The molecule has 0 atom stereocenters. The number of nitrogens with zero attached hydrogens (tertiary/aromatic N) is 2. The third-order valence-electron chi connectivity index (χ3n) is 4.55. The molecular formula is C19H24FN3O3. The van der Waals surface area contributed by atoms with Crippen molar-refractivity contribution in [1.29, 1.82) is 0 Å². The van der Waals surface area contributed by atoms with Gasteiger partial charge in [-0.3, -0.25) is 4.90 Å². The van der Waals surface area contributed by atoms with Crippen LogP contribution in [-0.4, -0.2) is 66.9 Å². The summed E-state index contributed by atoms with van der Waals surface area (Å²) in [6.07, 6.45) is 0. The molecule has 1 aliphatic heterocycles. The Morgan fingerprint density at radius 3 is 2.54 bits per heavy atom. The van der Waals surface area contributed by atoms with Crippen molar-refractivity contribution < 1.29 is 19.0 Å². The Labute approximate surface area is 152 Å². The molecule has 1 saturated heterocycles. The number of H-pyrrole nitrogens is 1. The summed E-state index contributed by atoms with van der Waals surface area (Å²) in [5.41, 5.74) is 2.05. The molecule has 0 aliphatic carbocycles. The van der Waals surface area contributed by atoms with Gasteiger partial charge >= 0.3 is 5.97 Å². The highest BCUT2D eigenvalue weighted by molar-refractivity contribution is 5.97. The Bertz CT molecular complexity index is 737. The number of anilines is 1. The Morgan fingerprint density at radius 1 is 1.23 bits per heavy atom. The predicted octanol–water partition coefficient (Wildman–Crippen LogP) is 2.11. The summed E-state index contributed by atoms with van der Waals surface area (Å²) in [7, 11) is 0. The lowest BCUT2D eigenvalue weighted by atomic mass is 10.1. The van der Waals surface area contributed by atoms with E-state index in [0.717, 1.165) is 43.3 Å². The molecule has 0 saturated carbocycles. The molecule has 1 aromatic heterocycles. The summed E-state index contributed by atoms with van der Waals surface area (Å²) < 4.78 is 18.4. The second-order valence-electron chi connectivity index (χ2n) is 6.22. The Balaban J connectivity index is 1.87. The van der Waals surface area contributed by atoms with Crippen molar-refractivity contribution in [3.05, 3.63) is 41.7 Å². The number of carbonyl (C=O) groups excluding carboxylic acids is 1. The van der Waals surface area contributed by atoms with Gasteiger partial charge in [0.05, 0.1) is 13.2 Å². The van der Waals surface area contributed by atoms with Gasteiger partial charge in [0.1, 0.15) is 17.2 Å². The summed E-state index contributed by atoms with van der Waals surface area (Å²) in [4.78, 5) is 20.0. The van der Waals surface area contributed by atoms with Crippen LogP contribution in [-0.2, 0) is 4.74 Å². The molecule has 0 amide bonds. The monoisotopic (exact) mass is 361 g/mol. The summed E-state index contributed by atoms with van der Waals surface area (Å²) in [6.45, 7) is 6.00. The van der Waals surface area contributed by atoms with Gasteiger partial charge in [-0.2, -0.15) is 0 Å². The lowest BCUT2D eigenvalue weighted by Gasteiger charge is -2.35. The first-order chi connectivity index (χ1) is 12.6. The molecule has 2 N–H and O–H groups in total. The van der Waals surface area contributed by atoms with Crippen molar-refractivity contribution in [1.82, 2.24) is 9.88 Å². The van der Waals surface area contributed by atoms with Crippen LogP contribution in [0.5, 0.6) is 0 Å². The molecule has 140 valence electrons. The van der Waals surface area contributed by atoms with E-state index in [1.54, 1.807) is 25.1 Å². The van der Waals surface area contributed by atoms with Gasteiger partial charge in [0.25, 0.3) is 0 Å². The lowest BCUT2D eigenvalue weighted by Crippen LogP contribution is -2.47. The number of ether oxygens (including phenoxy) is 1. The molecule has 1 aliphatic rings. The molecule has 0 radical (unpaired) electrons. The quantitative estimate of drug-likeness (QED) is 0.772. The summed E-state index contributed by atoms with van der Waals surface area (Å²) in [5.74, 6) is 0.0578. The number of hydrogen-bond donors (Lipinski definition) is 2. The molecule has 0 unspecified atom stereocenters. The minimum Gasteiger partial charge on any atom is -0.462 e. The van der Waals surface area contributed by atoms with Crippen LogP contribution in [0, 0.1) is 5.82 Å². The minimum absolute atomic E-state index is 0.144. The molecule has 26 heavy (non-hydrogen) atoms. The maximum Gasteiger partial charge on any atom is 0.341 e. The third kappa shape index (κ3) is 4.05. The van der Waals surface area contributed by atoms with Crippen LogP contribution in [0.4, 0.5) is 10.2 Å². The van der Waals surface area contributed by atoms with E-state index >= 15 is 0 Å². The van der Waals surface area contributed by atoms with Gasteiger partial charge in [0.15, 0.2) is 0 Å². The van der Waals surface area contributed by atoms with Gasteiger partial charge in [0, 0.05) is 38.4 Å². The van der Waals surface area contributed by atoms with Crippen LogP contribution in [0.25, 0.3) is 11.3 Å². The number of aromatic nitrogens is 1. The van der Waals surface area contributed by atoms with Gasteiger partial charge < -0.3 is 19.7 Å². The number of carbonyl (C=O) groups is 1. The molecule has 6 nitrogen and oxygen atoms in total. The van der Waals surface area contributed by atoms with Crippen LogP contribution in [0.1, 0.15) is 17.3 Å². The highest BCUT2D eigenvalue weighted by Crippen LogP contribution is 2.29. The minimum atomic E-state index is -0.370. The summed E-state index contributed by atoms with van der Waals surface area (Å²) in [5, 5.41) is 9.08. The predicted molar refractivity (Wildman–Crippen MR) is 97.9 cm³/mol. The van der Waals surface area contributed by atoms with Crippen LogP contribution >= 0.6 is 0 Å². The fraction of sp³-hybridized carbons (Fsp3) is 0.421. The number of nitrogens with one attached hydrogen (secondary N) is 1. The smallest absolute Gasteiger partial charge is 0.341 e. The second kappa shape index (κ2) is 8.33. The summed E-state index contributed by atoms with van der Waals surface area (Å²) in [6, 6.07) is 7.92. The van der Waals surface area contributed by atoms with Crippen molar-refractivity contribution in [3.8, 4) is 11.3 Å². The maximum atomic E-state index is 13.2. The van der Waals surface area contributed by atoms with Crippen molar-refractivity contribution in [2.75, 3.05) is 50.8 Å². The average Bonchev–Trinajstić information content (AvgIpc) is 3.09. The number of rotatable bonds is 6. The maximum absolute atomic E-state index is 13.2. The van der Waals surface area contributed by atoms with E-state index in [0.29, 0.717) is 18.7 Å². The lowest BCUT2D eigenvalue weighted by molar-refractivity contribution is 0.0527. The Hall–Kier alpha value is -2.38. The highest BCUT2D eigenvalue weighted by atomic mass is 19.1. The van der Waals surface area contributed by atoms with E-state index < -0.39 is 0 Å². The molecular weight excluding hydrogens is 337 g/mol. The van der Waals surface area contributed by atoms with Gasteiger partial charge in [-0.15, -0.1) is 0 Å². The molecule has 0 bridgehead atoms. The molecule has 1 aromatic carbocycles. The van der Waals surface area contributed by atoms with E-state index in [2.05, 4.69) is 14.8 Å². The van der Waals surface area contributed by atoms with Gasteiger partial charge in [0.2, 0.25) is 0 Å². The molecule has 7 heteroatoms. The topological polar surface area (TPSA) is 68.8 Å².